The van der Waals surface area contributed by atoms with Crippen molar-refractivity contribution in [2.45, 2.75) is 0 Å². The monoisotopic (exact) mass is 238 g/mol. The van der Waals surface area contributed by atoms with Gasteiger partial charge < -0.3 is 14.2 Å². The number of methoxy groups -OCH3 is 1. The van der Waals surface area contributed by atoms with Crippen LogP contribution in [0.3, 0.4) is 0 Å². The maximum atomic E-state index is 11.3. The highest BCUT2D eigenvalue weighted by molar-refractivity contribution is 5.84. The Bertz CT molecular complexity index is 316. The first-order chi connectivity index (χ1) is 8.33. The van der Waals surface area contributed by atoms with Gasteiger partial charge in [0.2, 0.25) is 0 Å². The van der Waals surface area contributed by atoms with Crippen LogP contribution in [-0.2, 0) is 14.2 Å². The smallest absolute Gasteiger partial charge is 0.411 e. The fraction of sp³-hybridized carbons (Fsp3) is 0.417. The summed E-state index contributed by atoms with van der Waals surface area (Å²) in [6.45, 7) is 1.61. The molecule has 1 radical (unpaired) electrons. The van der Waals surface area contributed by atoms with E-state index in [1.807, 2.05) is 0 Å². The van der Waals surface area contributed by atoms with Gasteiger partial charge in [-0.3, -0.25) is 5.32 Å². The van der Waals surface area contributed by atoms with Crippen LogP contribution >= 0.6 is 0 Å². The average molecular weight is 238 g/mol. The minimum Gasteiger partial charge on any atom is -0.447 e. The molecule has 0 bridgehead atoms. The molecule has 0 aliphatic rings. The minimum atomic E-state index is -0.494. The third-order valence-electron chi connectivity index (χ3n) is 1.86. The van der Waals surface area contributed by atoms with Crippen LogP contribution in [0.5, 0.6) is 0 Å². The zero-order chi connectivity index (χ0) is 12.3. The van der Waals surface area contributed by atoms with E-state index in [0.29, 0.717) is 25.5 Å². The predicted molar refractivity (Wildman–Crippen MR) is 62.9 cm³/mol. The zero-order valence-electron chi connectivity index (χ0n) is 9.77. The predicted octanol–water partition coefficient (Wildman–Crippen LogP) is 1.70. The van der Waals surface area contributed by atoms with Crippen molar-refractivity contribution in [3.8, 4) is 0 Å². The third-order valence-corrected chi connectivity index (χ3v) is 1.86. The Morgan fingerprint density at radius 1 is 1.24 bits per heavy atom. The molecular weight excluding hydrogens is 222 g/mol. The number of carbonyl (C=O) groups is 1. The lowest BCUT2D eigenvalue weighted by Gasteiger charge is -2.07. The second kappa shape index (κ2) is 8.55. The van der Waals surface area contributed by atoms with Crippen molar-refractivity contribution in [3.05, 3.63) is 30.3 Å². The average Bonchev–Trinajstić information content (AvgIpc) is 2.35. The molecule has 93 valence electrons. The van der Waals surface area contributed by atoms with Crippen molar-refractivity contribution in [2.75, 3.05) is 38.9 Å². The molecule has 17 heavy (non-hydrogen) atoms. The Labute approximate surface area is 101 Å². The second-order valence-electron chi connectivity index (χ2n) is 3.15. The molecular formula is C12H16NO4. The Hall–Kier alpha value is -1.59. The lowest BCUT2D eigenvalue weighted by atomic mass is 10.3. The fourth-order valence-corrected chi connectivity index (χ4v) is 1.06. The van der Waals surface area contributed by atoms with Crippen LogP contribution in [0.15, 0.2) is 24.3 Å². The van der Waals surface area contributed by atoms with Crippen LogP contribution in [0.1, 0.15) is 0 Å². The minimum absolute atomic E-state index is 0.217. The quantitative estimate of drug-likeness (QED) is 0.734. The van der Waals surface area contributed by atoms with Crippen molar-refractivity contribution in [1.29, 1.82) is 0 Å². The molecule has 1 rings (SSSR count). The Morgan fingerprint density at radius 2 is 1.94 bits per heavy atom. The van der Waals surface area contributed by atoms with Crippen LogP contribution in [0.2, 0.25) is 0 Å². The molecule has 1 amide bonds. The van der Waals surface area contributed by atoms with E-state index in [1.54, 1.807) is 31.4 Å². The normalized spacial score (nSPS) is 9.94. The van der Waals surface area contributed by atoms with E-state index in [-0.39, 0.29) is 6.61 Å². The first kappa shape index (κ1) is 13.5. The van der Waals surface area contributed by atoms with E-state index in [9.17, 15) is 4.79 Å². The Morgan fingerprint density at radius 3 is 2.65 bits per heavy atom. The fourth-order valence-electron chi connectivity index (χ4n) is 1.06. The number of hydrogen-bond acceptors (Lipinski definition) is 4. The van der Waals surface area contributed by atoms with Gasteiger partial charge in [-0.15, -0.1) is 0 Å². The molecule has 0 aliphatic heterocycles. The maximum absolute atomic E-state index is 11.3. The highest BCUT2D eigenvalue weighted by Crippen LogP contribution is 2.04. The number of amides is 1. The summed E-state index contributed by atoms with van der Waals surface area (Å²) in [4.78, 5) is 11.3. The first-order valence-electron chi connectivity index (χ1n) is 5.29. The van der Waals surface area contributed by atoms with Gasteiger partial charge in [-0.1, -0.05) is 12.1 Å². The number of benzene rings is 1. The van der Waals surface area contributed by atoms with Crippen molar-refractivity contribution in [1.82, 2.24) is 0 Å². The number of ether oxygens (including phenoxy) is 3. The summed E-state index contributed by atoms with van der Waals surface area (Å²) in [7, 11) is 1.60. The molecule has 0 saturated heterocycles. The molecule has 5 heteroatoms. The third kappa shape index (κ3) is 6.55. The summed E-state index contributed by atoms with van der Waals surface area (Å²) in [5.74, 6) is 0. The van der Waals surface area contributed by atoms with Gasteiger partial charge in [0.05, 0.1) is 19.8 Å². The second-order valence-corrected chi connectivity index (χ2v) is 3.15. The van der Waals surface area contributed by atoms with Gasteiger partial charge in [0.1, 0.15) is 6.61 Å². The van der Waals surface area contributed by atoms with Crippen molar-refractivity contribution in [3.63, 3.8) is 0 Å². The molecule has 0 saturated carbocycles. The van der Waals surface area contributed by atoms with E-state index in [1.165, 1.54) is 0 Å². The number of nitrogens with one attached hydrogen (secondary N) is 1. The molecule has 0 fully saturated rings. The topological polar surface area (TPSA) is 56.8 Å². The molecule has 0 heterocycles. The van der Waals surface area contributed by atoms with Crippen molar-refractivity contribution in [2.24, 2.45) is 0 Å². The number of carbonyl (C=O) groups excluding carboxylic acids is 1. The van der Waals surface area contributed by atoms with Crippen LogP contribution in [-0.4, -0.2) is 39.6 Å². The molecule has 5 nitrogen and oxygen atoms in total. The first-order valence-corrected chi connectivity index (χ1v) is 5.29. The summed E-state index contributed by atoms with van der Waals surface area (Å²) in [5.41, 5.74) is 0.675. The molecule has 0 spiro atoms. The SMILES string of the molecule is COCCOCCOC(=O)Nc1cc[c]cc1. The largest absolute Gasteiger partial charge is 0.447 e. The molecule has 0 atom stereocenters. The summed E-state index contributed by atoms with van der Waals surface area (Å²) in [6.07, 6.45) is -0.494. The Balaban J connectivity index is 2.06. The lowest BCUT2D eigenvalue weighted by Crippen LogP contribution is -2.17. The van der Waals surface area contributed by atoms with Gasteiger partial charge in [0, 0.05) is 12.8 Å². The van der Waals surface area contributed by atoms with Crippen LogP contribution in [0, 0.1) is 6.07 Å². The van der Waals surface area contributed by atoms with E-state index in [0.717, 1.165) is 0 Å². The van der Waals surface area contributed by atoms with E-state index in [2.05, 4.69) is 11.4 Å². The molecule has 1 aromatic rings. The van der Waals surface area contributed by atoms with Gasteiger partial charge in [0.15, 0.2) is 0 Å². The highest BCUT2D eigenvalue weighted by atomic mass is 16.6. The lowest BCUT2D eigenvalue weighted by molar-refractivity contribution is 0.0447. The van der Waals surface area contributed by atoms with Gasteiger partial charge >= 0.3 is 6.09 Å². The van der Waals surface area contributed by atoms with Crippen molar-refractivity contribution >= 4 is 11.8 Å². The van der Waals surface area contributed by atoms with Gasteiger partial charge in [-0.05, 0) is 18.2 Å². The van der Waals surface area contributed by atoms with Crippen LogP contribution < -0.4 is 5.32 Å². The molecule has 0 aliphatic carbocycles. The molecule has 1 aromatic carbocycles. The van der Waals surface area contributed by atoms with E-state index in [4.69, 9.17) is 14.2 Å². The van der Waals surface area contributed by atoms with Crippen LogP contribution in [0.25, 0.3) is 0 Å². The van der Waals surface area contributed by atoms with E-state index < -0.39 is 6.09 Å². The Kier molecular flexibility index (Phi) is 6.78. The number of anilines is 1. The summed E-state index contributed by atoms with van der Waals surface area (Å²) in [5, 5.41) is 2.58. The number of hydrogen-bond donors (Lipinski definition) is 1. The molecule has 0 unspecified atom stereocenters. The summed E-state index contributed by atoms with van der Waals surface area (Å²) >= 11 is 0. The van der Waals surface area contributed by atoms with Gasteiger partial charge in [-0.2, -0.15) is 0 Å². The van der Waals surface area contributed by atoms with Crippen molar-refractivity contribution < 1.29 is 19.0 Å². The maximum Gasteiger partial charge on any atom is 0.411 e. The van der Waals surface area contributed by atoms with Gasteiger partial charge in [0.25, 0.3) is 0 Å². The molecule has 1 N–H and O–H groups in total. The van der Waals surface area contributed by atoms with Gasteiger partial charge in [-0.25, -0.2) is 4.79 Å². The zero-order valence-corrected chi connectivity index (χ0v) is 9.77. The summed E-state index contributed by atoms with van der Waals surface area (Å²) < 4.78 is 14.8. The summed E-state index contributed by atoms with van der Waals surface area (Å²) in [6, 6.07) is 9.74. The highest BCUT2D eigenvalue weighted by Gasteiger charge is 2.01. The number of rotatable bonds is 7. The van der Waals surface area contributed by atoms with Crippen LogP contribution in [0.4, 0.5) is 10.5 Å². The van der Waals surface area contributed by atoms with E-state index >= 15 is 0 Å². The molecule has 0 aromatic heterocycles. The standard InChI is InChI=1S/C12H16NO4/c1-15-7-8-16-9-10-17-12(14)13-11-5-3-2-4-6-11/h3-6H,7-10H2,1H3,(H,13,14).